The molecule has 0 spiro atoms. The fourth-order valence-electron chi connectivity index (χ4n) is 3.54. The van der Waals surface area contributed by atoms with Gasteiger partial charge in [-0.15, -0.1) is 11.6 Å². The Balaban J connectivity index is 1.57. The number of sulfone groups is 1. The van der Waals surface area contributed by atoms with Gasteiger partial charge in [-0.3, -0.25) is 4.79 Å². The Morgan fingerprint density at radius 3 is 2.50 bits per heavy atom. The molecule has 1 aromatic carbocycles. The second kappa shape index (κ2) is 9.98. The number of pyridine rings is 1. The van der Waals surface area contributed by atoms with Gasteiger partial charge in [0.05, 0.1) is 22.3 Å². The van der Waals surface area contributed by atoms with Crippen LogP contribution in [0.15, 0.2) is 41.4 Å². The lowest BCUT2D eigenvalue weighted by molar-refractivity contribution is 0.0950. The Morgan fingerprint density at radius 1 is 1.20 bits per heavy atom. The first-order valence-corrected chi connectivity index (χ1v) is 12.1. The molecule has 1 aliphatic rings. The highest BCUT2D eigenvalue weighted by Crippen LogP contribution is 2.31. The van der Waals surface area contributed by atoms with E-state index in [1.54, 1.807) is 24.3 Å². The van der Waals surface area contributed by atoms with Crippen molar-refractivity contribution in [1.29, 1.82) is 0 Å². The van der Waals surface area contributed by atoms with E-state index in [0.717, 1.165) is 18.4 Å². The molecule has 162 valence electrons. The predicted octanol–water partition coefficient (Wildman–Crippen LogP) is 4.04. The van der Waals surface area contributed by atoms with E-state index >= 15 is 0 Å². The van der Waals surface area contributed by atoms with Crippen molar-refractivity contribution in [3.8, 4) is 5.88 Å². The van der Waals surface area contributed by atoms with Crippen LogP contribution in [0.4, 0.5) is 0 Å². The van der Waals surface area contributed by atoms with Crippen molar-refractivity contribution in [3.05, 3.63) is 52.7 Å². The van der Waals surface area contributed by atoms with Crippen LogP contribution in [-0.4, -0.2) is 43.6 Å². The number of hydrogen-bond acceptors (Lipinski definition) is 5. The number of carbonyl (C=O) groups excluding carboxylic acids is 1. The summed E-state index contributed by atoms with van der Waals surface area (Å²) in [5.74, 6) is -0.134. The van der Waals surface area contributed by atoms with Crippen LogP contribution in [0.3, 0.4) is 0 Å². The molecule has 1 aliphatic carbocycles. The standard InChI is InChI=1S/C21H24Cl2N2O4S/c1-29-21-19(12-16(23)13-25-21)20(26)24-11-10-14-2-6-17(7-3-14)30(27,28)18-8-4-15(22)5-9-18/h2-3,6-7,12-13,15,18H,4-5,8-11H2,1H3,(H,24,26). The highest BCUT2D eigenvalue weighted by atomic mass is 35.5. The number of ether oxygens (including phenoxy) is 1. The number of aromatic nitrogens is 1. The van der Waals surface area contributed by atoms with Gasteiger partial charge in [0, 0.05) is 18.1 Å². The fraction of sp³-hybridized carbons (Fsp3) is 0.429. The van der Waals surface area contributed by atoms with Crippen LogP contribution < -0.4 is 10.1 Å². The minimum absolute atomic E-state index is 0.0803. The third kappa shape index (κ3) is 5.45. The number of rotatable bonds is 7. The molecule has 2 aromatic rings. The highest BCUT2D eigenvalue weighted by Gasteiger charge is 2.31. The van der Waals surface area contributed by atoms with Crippen molar-refractivity contribution in [2.75, 3.05) is 13.7 Å². The molecule has 0 unspecified atom stereocenters. The van der Waals surface area contributed by atoms with E-state index in [2.05, 4.69) is 10.3 Å². The van der Waals surface area contributed by atoms with Gasteiger partial charge in [-0.1, -0.05) is 23.7 Å². The summed E-state index contributed by atoms with van der Waals surface area (Å²) in [5.41, 5.74) is 1.19. The molecule has 0 radical (unpaired) electrons. The van der Waals surface area contributed by atoms with Crippen LogP contribution >= 0.6 is 23.2 Å². The van der Waals surface area contributed by atoms with E-state index in [4.69, 9.17) is 27.9 Å². The monoisotopic (exact) mass is 470 g/mol. The van der Waals surface area contributed by atoms with Crippen LogP contribution in [0.1, 0.15) is 41.6 Å². The van der Waals surface area contributed by atoms with E-state index in [-0.39, 0.29) is 28.0 Å². The Labute approximate surface area is 186 Å². The van der Waals surface area contributed by atoms with Gasteiger partial charge in [-0.25, -0.2) is 13.4 Å². The minimum Gasteiger partial charge on any atom is -0.480 e. The van der Waals surface area contributed by atoms with Crippen molar-refractivity contribution in [2.24, 2.45) is 0 Å². The van der Waals surface area contributed by atoms with Crippen molar-refractivity contribution in [1.82, 2.24) is 10.3 Å². The average Bonchev–Trinajstić information content (AvgIpc) is 2.74. The summed E-state index contributed by atoms with van der Waals surface area (Å²) in [5, 5.41) is 2.86. The molecule has 1 saturated carbocycles. The number of carbonyl (C=O) groups is 1. The fourth-order valence-corrected chi connectivity index (χ4v) is 5.74. The number of amides is 1. The zero-order valence-corrected chi connectivity index (χ0v) is 18.9. The lowest BCUT2D eigenvalue weighted by atomic mass is 10.00. The quantitative estimate of drug-likeness (QED) is 0.617. The van der Waals surface area contributed by atoms with Gasteiger partial charge in [-0.2, -0.15) is 0 Å². The molecule has 1 amide bonds. The maximum atomic E-state index is 12.8. The zero-order valence-electron chi connectivity index (χ0n) is 16.6. The van der Waals surface area contributed by atoms with Gasteiger partial charge >= 0.3 is 0 Å². The Bertz CT molecular complexity index is 989. The molecule has 0 bridgehead atoms. The molecule has 1 N–H and O–H groups in total. The van der Waals surface area contributed by atoms with Crippen molar-refractivity contribution < 1.29 is 17.9 Å². The summed E-state index contributed by atoms with van der Waals surface area (Å²) in [6, 6.07) is 8.36. The molecule has 30 heavy (non-hydrogen) atoms. The average molecular weight is 471 g/mol. The Hall–Kier alpha value is -1.83. The molecule has 0 saturated heterocycles. The van der Waals surface area contributed by atoms with E-state index in [9.17, 15) is 13.2 Å². The third-order valence-electron chi connectivity index (χ3n) is 5.25. The second-order valence-electron chi connectivity index (χ2n) is 7.28. The topological polar surface area (TPSA) is 85.4 Å². The third-order valence-corrected chi connectivity index (χ3v) is 8.17. The number of alkyl halides is 1. The van der Waals surface area contributed by atoms with Crippen LogP contribution in [0.2, 0.25) is 5.02 Å². The maximum absolute atomic E-state index is 12.8. The Kier molecular flexibility index (Phi) is 7.60. The van der Waals surface area contributed by atoms with Crippen LogP contribution in [-0.2, 0) is 16.3 Å². The Morgan fingerprint density at radius 2 is 1.87 bits per heavy atom. The first-order chi connectivity index (χ1) is 14.3. The van der Waals surface area contributed by atoms with E-state index in [1.165, 1.54) is 19.4 Å². The maximum Gasteiger partial charge on any atom is 0.256 e. The molecule has 0 aliphatic heterocycles. The molecule has 3 rings (SSSR count). The lowest BCUT2D eigenvalue weighted by Gasteiger charge is -2.24. The number of halogens is 2. The van der Waals surface area contributed by atoms with E-state index in [0.29, 0.717) is 35.7 Å². The molecule has 9 heteroatoms. The summed E-state index contributed by atoms with van der Waals surface area (Å²) in [6.07, 6.45) is 4.64. The molecule has 1 aromatic heterocycles. The minimum atomic E-state index is -3.35. The highest BCUT2D eigenvalue weighted by molar-refractivity contribution is 7.92. The number of benzene rings is 1. The normalized spacial score (nSPS) is 19.3. The largest absolute Gasteiger partial charge is 0.480 e. The number of hydrogen-bond donors (Lipinski definition) is 1. The van der Waals surface area contributed by atoms with Gasteiger partial charge in [0.1, 0.15) is 5.56 Å². The van der Waals surface area contributed by atoms with Crippen molar-refractivity contribution in [2.45, 2.75) is 47.6 Å². The number of methoxy groups -OCH3 is 1. The second-order valence-corrected chi connectivity index (χ2v) is 10.6. The summed E-state index contributed by atoms with van der Waals surface area (Å²) >= 11 is 12.0. The molecule has 6 nitrogen and oxygen atoms in total. The van der Waals surface area contributed by atoms with Crippen LogP contribution in [0, 0.1) is 0 Å². The molecular formula is C21H24Cl2N2O4S. The lowest BCUT2D eigenvalue weighted by Crippen LogP contribution is -2.27. The molecule has 1 fully saturated rings. The van der Waals surface area contributed by atoms with Gasteiger partial charge in [0.2, 0.25) is 5.88 Å². The summed E-state index contributed by atoms with van der Waals surface area (Å²) < 4.78 is 30.7. The molecule has 0 atom stereocenters. The van der Waals surface area contributed by atoms with Crippen molar-refractivity contribution in [3.63, 3.8) is 0 Å². The van der Waals surface area contributed by atoms with Gasteiger partial charge in [0.15, 0.2) is 9.84 Å². The molecular weight excluding hydrogens is 447 g/mol. The molecule has 1 heterocycles. The predicted molar refractivity (Wildman–Crippen MR) is 117 cm³/mol. The zero-order chi connectivity index (χ0) is 21.7. The summed E-state index contributed by atoms with van der Waals surface area (Å²) in [6.45, 7) is 0.375. The first-order valence-electron chi connectivity index (χ1n) is 9.76. The smallest absolute Gasteiger partial charge is 0.256 e. The van der Waals surface area contributed by atoms with E-state index in [1.807, 2.05) is 0 Å². The van der Waals surface area contributed by atoms with Crippen LogP contribution in [0.25, 0.3) is 0 Å². The SMILES string of the molecule is COc1ncc(Cl)cc1C(=O)NCCc1ccc(S(=O)(=O)C2CCC(Cl)CC2)cc1. The number of nitrogens with zero attached hydrogens (tertiary/aromatic N) is 1. The summed E-state index contributed by atoms with van der Waals surface area (Å²) in [4.78, 5) is 16.7. The first kappa shape index (κ1) is 22.8. The van der Waals surface area contributed by atoms with Gasteiger partial charge in [-0.05, 0) is 55.9 Å². The van der Waals surface area contributed by atoms with Gasteiger partial charge < -0.3 is 10.1 Å². The van der Waals surface area contributed by atoms with Crippen LogP contribution in [0.5, 0.6) is 5.88 Å². The number of nitrogens with one attached hydrogen (secondary N) is 1. The summed E-state index contributed by atoms with van der Waals surface area (Å²) in [7, 11) is -1.91. The van der Waals surface area contributed by atoms with E-state index < -0.39 is 9.84 Å². The van der Waals surface area contributed by atoms with Gasteiger partial charge in [0.25, 0.3) is 5.91 Å². The van der Waals surface area contributed by atoms with Crippen molar-refractivity contribution >= 4 is 38.9 Å².